The Labute approximate surface area is 93.8 Å². The first-order chi connectivity index (χ1) is 7.63. The van der Waals surface area contributed by atoms with Gasteiger partial charge in [0.2, 0.25) is 5.76 Å². The monoisotopic (exact) mass is 225 g/mol. The zero-order valence-electron chi connectivity index (χ0n) is 9.18. The van der Waals surface area contributed by atoms with E-state index in [0.29, 0.717) is 5.56 Å². The predicted octanol–water partition coefficient (Wildman–Crippen LogP) is 1.04. The minimum Gasteiger partial charge on any atom is -0.508 e. The topological polar surface area (TPSA) is 92.8 Å². The number of methoxy groups -OCH3 is 1. The summed E-state index contributed by atoms with van der Waals surface area (Å²) in [7, 11) is 2.79. The van der Waals surface area contributed by atoms with Gasteiger partial charge >= 0.3 is 5.97 Å². The lowest BCUT2D eigenvalue weighted by molar-refractivity contribution is -0.135. The van der Waals surface area contributed by atoms with Crippen LogP contribution in [-0.4, -0.2) is 30.3 Å². The highest BCUT2D eigenvalue weighted by molar-refractivity contribution is 5.89. The van der Waals surface area contributed by atoms with Gasteiger partial charge in [-0.25, -0.2) is 4.79 Å². The lowest BCUT2D eigenvalue weighted by Crippen LogP contribution is -2.01. The molecule has 1 rings (SSSR count). The van der Waals surface area contributed by atoms with Crippen LogP contribution in [0.15, 0.2) is 30.0 Å². The smallest absolute Gasteiger partial charge is 0.371 e. The van der Waals surface area contributed by atoms with Crippen LogP contribution < -0.4 is 5.73 Å². The fourth-order valence-electron chi connectivity index (χ4n) is 0.930. The molecule has 0 saturated carbocycles. The molecule has 0 heterocycles. The fraction of sp³-hybridized carbons (Fsp3) is 0.182. The lowest BCUT2D eigenvalue weighted by Gasteiger charge is -2.00. The molecule has 1 aromatic rings. The van der Waals surface area contributed by atoms with Crippen molar-refractivity contribution in [3.8, 4) is 5.75 Å². The molecule has 0 fully saturated rings. The Balaban J connectivity index is 0.00000106. The number of hydrogen-bond acceptors (Lipinski definition) is 4. The number of nitrogens with two attached hydrogens (primary N) is 1. The highest BCUT2D eigenvalue weighted by Crippen LogP contribution is 2.12. The van der Waals surface area contributed by atoms with Crippen molar-refractivity contribution in [2.75, 3.05) is 14.2 Å². The number of rotatable bonds is 3. The summed E-state index contributed by atoms with van der Waals surface area (Å²) >= 11 is 0. The molecule has 88 valence electrons. The van der Waals surface area contributed by atoms with Crippen molar-refractivity contribution in [1.29, 1.82) is 0 Å². The van der Waals surface area contributed by atoms with Crippen molar-refractivity contribution in [2.24, 2.45) is 5.73 Å². The highest BCUT2D eigenvalue weighted by Gasteiger charge is 2.05. The van der Waals surface area contributed by atoms with Crippen LogP contribution in [0.4, 0.5) is 0 Å². The van der Waals surface area contributed by atoms with Gasteiger partial charge in [0.25, 0.3) is 0 Å². The van der Waals surface area contributed by atoms with Crippen molar-refractivity contribution < 1.29 is 19.7 Å². The van der Waals surface area contributed by atoms with Crippen LogP contribution in [0, 0.1) is 0 Å². The third kappa shape index (κ3) is 4.47. The second kappa shape index (κ2) is 7.30. The van der Waals surface area contributed by atoms with Crippen LogP contribution in [0.3, 0.4) is 0 Å². The minimum absolute atomic E-state index is 0.136. The molecule has 0 amide bonds. The van der Waals surface area contributed by atoms with Crippen LogP contribution in [0.5, 0.6) is 5.75 Å². The summed E-state index contributed by atoms with van der Waals surface area (Å²) in [6.45, 7) is 0. The molecule has 16 heavy (non-hydrogen) atoms. The molecule has 0 saturated heterocycles. The van der Waals surface area contributed by atoms with Crippen LogP contribution in [0.2, 0.25) is 0 Å². The average molecular weight is 225 g/mol. The van der Waals surface area contributed by atoms with Gasteiger partial charge in [-0.1, -0.05) is 12.1 Å². The maximum atomic E-state index is 10.6. The molecule has 0 radical (unpaired) electrons. The lowest BCUT2D eigenvalue weighted by atomic mass is 10.2. The highest BCUT2D eigenvalue weighted by atomic mass is 16.5. The van der Waals surface area contributed by atoms with E-state index in [1.807, 2.05) is 0 Å². The molecule has 5 heteroatoms. The van der Waals surface area contributed by atoms with E-state index < -0.39 is 5.97 Å². The predicted molar refractivity (Wildman–Crippen MR) is 60.8 cm³/mol. The van der Waals surface area contributed by atoms with Gasteiger partial charge in [-0.05, 0) is 30.8 Å². The normalized spacial score (nSPS) is 10.1. The summed E-state index contributed by atoms with van der Waals surface area (Å²) in [5.74, 6) is -1.13. The first-order valence-corrected chi connectivity index (χ1v) is 4.49. The second-order valence-electron chi connectivity index (χ2n) is 2.61. The number of phenolic OH excluding ortho intramolecular Hbond substituents is 1. The maximum absolute atomic E-state index is 10.6. The SMILES string of the molecule is CN.CO/C(=C\c1ccc(O)cc1)C(=O)O. The Morgan fingerprint density at radius 1 is 1.31 bits per heavy atom. The van der Waals surface area contributed by atoms with Gasteiger partial charge < -0.3 is 20.7 Å². The minimum atomic E-state index is -1.12. The molecular formula is C11H15NO4. The van der Waals surface area contributed by atoms with Crippen molar-refractivity contribution in [3.63, 3.8) is 0 Å². The molecular weight excluding hydrogens is 210 g/mol. The molecule has 0 aliphatic heterocycles. The average Bonchev–Trinajstić information content (AvgIpc) is 2.30. The number of carboxylic acid groups (broad SMARTS) is 1. The molecule has 0 unspecified atom stereocenters. The third-order valence-corrected chi connectivity index (χ3v) is 1.62. The van der Waals surface area contributed by atoms with E-state index in [-0.39, 0.29) is 11.5 Å². The third-order valence-electron chi connectivity index (χ3n) is 1.62. The molecule has 0 spiro atoms. The Hall–Kier alpha value is -2.01. The number of benzene rings is 1. The van der Waals surface area contributed by atoms with E-state index in [9.17, 15) is 4.79 Å². The van der Waals surface area contributed by atoms with E-state index in [4.69, 9.17) is 10.2 Å². The van der Waals surface area contributed by atoms with Crippen molar-refractivity contribution in [3.05, 3.63) is 35.6 Å². The van der Waals surface area contributed by atoms with Crippen LogP contribution >= 0.6 is 0 Å². The summed E-state index contributed by atoms with van der Waals surface area (Å²) in [4.78, 5) is 10.6. The molecule has 0 aliphatic rings. The first-order valence-electron chi connectivity index (χ1n) is 4.49. The maximum Gasteiger partial charge on any atom is 0.371 e. The number of ether oxygens (including phenoxy) is 1. The van der Waals surface area contributed by atoms with Crippen molar-refractivity contribution >= 4 is 12.0 Å². The summed E-state index contributed by atoms with van der Waals surface area (Å²) in [5.41, 5.74) is 5.15. The van der Waals surface area contributed by atoms with Gasteiger partial charge in [0.1, 0.15) is 5.75 Å². The van der Waals surface area contributed by atoms with Crippen molar-refractivity contribution in [1.82, 2.24) is 0 Å². The number of phenols is 1. The summed E-state index contributed by atoms with van der Waals surface area (Å²) in [6.07, 6.45) is 1.38. The Kier molecular flexibility index (Phi) is 6.39. The second-order valence-corrected chi connectivity index (χ2v) is 2.61. The first kappa shape index (κ1) is 14.0. The number of aromatic hydroxyl groups is 1. The fourth-order valence-corrected chi connectivity index (χ4v) is 0.930. The van der Waals surface area contributed by atoms with Gasteiger partial charge in [-0.15, -0.1) is 0 Å². The molecule has 4 N–H and O–H groups in total. The number of aliphatic carboxylic acids is 1. The standard InChI is InChI=1S/C10H10O4.CH5N/c1-14-9(10(12)13)6-7-2-4-8(11)5-3-7;1-2/h2-6,11H,1H3,(H,12,13);2H2,1H3/b9-6-;. The van der Waals surface area contributed by atoms with E-state index in [0.717, 1.165) is 0 Å². The van der Waals surface area contributed by atoms with Crippen LogP contribution in [0.1, 0.15) is 5.56 Å². The van der Waals surface area contributed by atoms with E-state index >= 15 is 0 Å². The number of hydrogen-bond donors (Lipinski definition) is 3. The zero-order chi connectivity index (χ0) is 12.6. The largest absolute Gasteiger partial charge is 0.508 e. The van der Waals surface area contributed by atoms with E-state index in [2.05, 4.69) is 10.5 Å². The van der Waals surface area contributed by atoms with Gasteiger partial charge in [-0.3, -0.25) is 0 Å². The zero-order valence-corrected chi connectivity index (χ0v) is 9.18. The van der Waals surface area contributed by atoms with Gasteiger partial charge in [-0.2, -0.15) is 0 Å². The molecule has 5 nitrogen and oxygen atoms in total. The van der Waals surface area contributed by atoms with Crippen LogP contribution in [-0.2, 0) is 9.53 Å². The molecule has 0 aromatic heterocycles. The molecule has 0 bridgehead atoms. The van der Waals surface area contributed by atoms with E-state index in [1.165, 1.54) is 32.4 Å². The number of carbonyl (C=O) groups is 1. The molecule has 0 aliphatic carbocycles. The Bertz CT molecular complexity index is 357. The van der Waals surface area contributed by atoms with Crippen LogP contribution in [0.25, 0.3) is 6.08 Å². The quantitative estimate of drug-likeness (QED) is 0.528. The number of carboxylic acids is 1. The summed E-state index contributed by atoms with van der Waals surface area (Å²) < 4.78 is 4.64. The Morgan fingerprint density at radius 2 is 1.81 bits per heavy atom. The van der Waals surface area contributed by atoms with E-state index in [1.54, 1.807) is 12.1 Å². The van der Waals surface area contributed by atoms with Gasteiger partial charge in [0.15, 0.2) is 0 Å². The summed E-state index contributed by atoms with van der Waals surface area (Å²) in [6, 6.07) is 6.14. The molecule has 1 aromatic carbocycles. The van der Waals surface area contributed by atoms with Gasteiger partial charge in [0.05, 0.1) is 7.11 Å². The van der Waals surface area contributed by atoms with Crippen molar-refractivity contribution in [2.45, 2.75) is 0 Å². The van der Waals surface area contributed by atoms with Gasteiger partial charge in [0, 0.05) is 0 Å². The summed E-state index contributed by atoms with van der Waals surface area (Å²) in [5, 5.41) is 17.6. The molecule has 0 atom stereocenters. The Morgan fingerprint density at radius 3 is 2.19 bits per heavy atom.